The fraction of sp³-hybridized carbons (Fsp3) is 0.211. The zero-order valence-corrected chi connectivity index (χ0v) is 70.0. The lowest BCUT2D eigenvalue weighted by molar-refractivity contribution is -0.123. The Labute approximate surface area is 747 Å². The fourth-order valence-electron chi connectivity index (χ4n) is 17.9. The van der Waals surface area contributed by atoms with Crippen LogP contribution in [-0.4, -0.2) is 143 Å². The van der Waals surface area contributed by atoms with Gasteiger partial charge < -0.3 is 138 Å². The van der Waals surface area contributed by atoms with E-state index in [1.54, 1.807) is 13.8 Å². The van der Waals surface area contributed by atoms with E-state index in [2.05, 4.69) is 0 Å². The van der Waals surface area contributed by atoms with Gasteiger partial charge in [-0.1, -0.05) is 0 Å². The maximum absolute atomic E-state index is 13.2. The smallest absolute Gasteiger partial charge is 0.339 e. The minimum Gasteiger partial charge on any atom is -0.511 e. The van der Waals surface area contributed by atoms with Crippen molar-refractivity contribution in [2.24, 2.45) is 11.8 Å². The van der Waals surface area contributed by atoms with Crippen LogP contribution >= 0.6 is 0 Å². The summed E-state index contributed by atoms with van der Waals surface area (Å²) in [5.41, 5.74) is -7.82. The monoisotopic (exact) mass is 1840 g/mol. The Morgan fingerprint density at radius 3 is 1.36 bits per heavy atom. The largest absolute Gasteiger partial charge is 0.511 e. The Kier molecular flexibility index (Phi) is 23.8. The highest BCUT2D eigenvalue weighted by Gasteiger charge is 2.50. The second-order valence-corrected chi connectivity index (χ2v) is 33.0. The Morgan fingerprint density at radius 1 is 0.396 bits per heavy atom. The van der Waals surface area contributed by atoms with Crippen molar-refractivity contribution in [1.29, 1.82) is 0 Å². The van der Waals surface area contributed by atoms with Crippen molar-refractivity contribution < 1.29 is 157 Å². The van der Waals surface area contributed by atoms with E-state index in [0.29, 0.717) is 22.3 Å². The minimum atomic E-state index is -1.87. The van der Waals surface area contributed by atoms with Crippen LogP contribution in [0.2, 0.25) is 0 Å². The van der Waals surface area contributed by atoms with E-state index in [-0.39, 0.29) is 233 Å². The van der Waals surface area contributed by atoms with Crippen molar-refractivity contribution in [3.63, 3.8) is 0 Å². The quantitative estimate of drug-likeness (QED) is 0.0682. The highest BCUT2D eigenvalue weighted by Crippen LogP contribution is 2.53. The first-order valence-corrected chi connectivity index (χ1v) is 40.3. The van der Waals surface area contributed by atoms with Gasteiger partial charge in [0.2, 0.25) is 11.6 Å². The number of phenols is 8. The average molecular weight is 1840 g/mol. The number of rotatable bonds is 8. The predicted octanol–water partition coefficient (Wildman–Crippen LogP) is 8.15. The molecule has 3 unspecified atom stereocenters. The van der Waals surface area contributed by atoms with Gasteiger partial charge in [-0.3, -0.25) is 28.8 Å². The summed E-state index contributed by atoms with van der Waals surface area (Å²) in [5, 5.41) is 201. The molecule has 20 N–H and O–H groups in total. The van der Waals surface area contributed by atoms with Gasteiger partial charge >= 0.3 is 28.1 Å². The molecule has 13 aromatic rings. The first kappa shape index (κ1) is 92.0. The van der Waals surface area contributed by atoms with Crippen molar-refractivity contribution >= 4 is 45.1 Å². The maximum atomic E-state index is 13.2. The Bertz CT molecular complexity index is 7500. The molecule has 7 aromatic heterocycles. The van der Waals surface area contributed by atoms with E-state index < -0.39 is 138 Å². The molecule has 1 aliphatic heterocycles. The third-order valence-electron chi connectivity index (χ3n) is 22.8. The van der Waals surface area contributed by atoms with Gasteiger partial charge in [0, 0.05) is 141 Å². The van der Waals surface area contributed by atoms with Crippen LogP contribution in [0, 0.1) is 32.6 Å². The van der Waals surface area contributed by atoms with Crippen LogP contribution in [0.4, 0.5) is 0 Å². The summed E-state index contributed by atoms with van der Waals surface area (Å²) in [7, 11) is 0. The number of aliphatic hydroxyl groups is 7. The average Bonchev–Trinajstić information content (AvgIpc) is 0.721. The predicted molar refractivity (Wildman–Crippen MR) is 459 cm³/mol. The highest BCUT2D eigenvalue weighted by atomic mass is 16.6. The molecular formula is C95H76O39. The Balaban J connectivity index is 0.000000128. The summed E-state index contributed by atoms with van der Waals surface area (Å²) < 4.78 is 42.1. The van der Waals surface area contributed by atoms with Crippen LogP contribution in [0.3, 0.4) is 0 Å². The number of carbonyl (C=O) groups excluding carboxylic acids is 4. The SMILES string of the molecule is C[C@@]1(O)CC(=O)c2c(Cc3cc(O)cc(=O)o3)cc(O)cc2O1.Cc1cc(O)c2c(c1-c1cc(O)cc(=O)o1)C(=O)c1cc(O)cc(O)c1C2=O.Cc1cc(O)cc2oc3c(c(=O)c12)[C@@](O)(Cc1cc(O)cc(=O)o1)C[C@@H](O)C3.Cc1cc(O)cc2oc3c(c(=O)c12)[C@](O)(Cc1cc(O)cc(=O)o1)C[C@@H](O)C3.O=C1c2c(O)cc(O)cc2C(c2cc(O)cc(=O)o2)C2C=C(O)C=C(O)C12. The summed E-state index contributed by atoms with van der Waals surface area (Å²) >= 11 is 0. The Morgan fingerprint density at radius 2 is 0.843 bits per heavy atom. The summed E-state index contributed by atoms with van der Waals surface area (Å²) in [4.78, 5) is 136. The first-order chi connectivity index (χ1) is 63.0. The molecule has 0 bridgehead atoms. The van der Waals surface area contributed by atoms with Gasteiger partial charge in [-0.25, -0.2) is 24.0 Å². The standard InChI is InChI=1S/2C20H18O8.C20H12O8.C19H14O8.C16H14O7/c2*1-9-2-10(21)4-14-17(9)19(25)18-15(28-14)5-12(23)7-20(18,26)8-13-3-11(22)6-16(24)27-13;1-7-2-11(23)17-18(15(7)13-5-9(22)6-14(25)28-13)19(26)10-3-8(21)4-12(24)16(10)20(17)27;20-7-1-10-16(14-5-9(22)6-15(25)27-14)11-2-8(21)4-13(24)18(11)19(26)17(10)12(23)3-7;1-16(21)7-12(19)15-8(2-9(17)5-13(15)23-16)3-11-4-10(18)6-14(20)22-11/h2*2-4,6,12,21-23,26H,5,7-8H2,1H3;2-6,21-24H,1H3;1-6,10,16-17,20-24H;2,4-6,17-18,21H,3,7H2,1H3/t12-,20+;12-,20-;;;16-/m00..0/s1. The summed E-state index contributed by atoms with van der Waals surface area (Å²) in [6.07, 6.45) is -0.830. The van der Waals surface area contributed by atoms with E-state index >= 15 is 0 Å². The van der Waals surface area contributed by atoms with Crippen molar-refractivity contribution in [2.75, 3.05) is 0 Å². The van der Waals surface area contributed by atoms with Crippen molar-refractivity contribution in [1.82, 2.24) is 0 Å². The van der Waals surface area contributed by atoms with Gasteiger partial charge in [0.25, 0.3) is 0 Å². The molecule has 0 amide bonds. The number of fused-ring (bicyclic) bond motifs is 9. The van der Waals surface area contributed by atoms with E-state index in [9.17, 15) is 155 Å². The number of carbonyl (C=O) groups is 4. The van der Waals surface area contributed by atoms with E-state index in [1.807, 2.05) is 0 Å². The molecule has 19 rings (SSSR count). The number of hydrogen-bond acceptors (Lipinski definition) is 39. The Hall–Kier alpha value is -16.8. The molecule has 0 radical (unpaired) electrons. The number of Topliss-reactive ketones (excluding diaryl/α,β-unsaturated/α-hetero) is 2. The molecule has 8 atom stereocenters. The fourth-order valence-corrected chi connectivity index (χ4v) is 17.9. The van der Waals surface area contributed by atoms with Gasteiger partial charge in [0.1, 0.15) is 155 Å². The normalized spacial score (nSPS) is 19.9. The lowest BCUT2D eigenvalue weighted by atomic mass is 9.65. The number of phenolic OH excluding ortho intramolecular Hbond substituents is 8. The molecule has 690 valence electrons. The number of aliphatic hydroxyl groups excluding tert-OH is 4. The van der Waals surface area contributed by atoms with E-state index in [1.165, 1.54) is 92.7 Å². The lowest BCUT2D eigenvalue weighted by Gasteiger charge is -2.37. The molecule has 0 saturated heterocycles. The molecule has 0 spiro atoms. The van der Waals surface area contributed by atoms with Crippen LogP contribution < -0.4 is 43.7 Å². The molecule has 39 heteroatoms. The molecule has 39 nitrogen and oxygen atoms in total. The number of aryl methyl sites for hydroxylation is 3. The molecule has 6 aliphatic rings. The number of benzene rings is 6. The second kappa shape index (κ2) is 34.6. The summed E-state index contributed by atoms with van der Waals surface area (Å²) in [5.74, 6) is -12.1. The van der Waals surface area contributed by atoms with Crippen molar-refractivity contribution in [2.45, 2.75) is 114 Å². The topological polar surface area (TPSA) is 694 Å². The molecule has 6 aromatic carbocycles. The van der Waals surface area contributed by atoms with Gasteiger partial charge in [-0.2, -0.15) is 0 Å². The van der Waals surface area contributed by atoms with E-state index in [4.69, 9.17) is 35.7 Å². The van der Waals surface area contributed by atoms with Gasteiger partial charge in [0.15, 0.2) is 28.2 Å². The number of ketones is 4. The zero-order chi connectivity index (χ0) is 97.0. The van der Waals surface area contributed by atoms with Crippen LogP contribution in [0.1, 0.15) is 158 Å². The van der Waals surface area contributed by atoms with Gasteiger partial charge in [-0.15, -0.1) is 0 Å². The third-order valence-corrected chi connectivity index (χ3v) is 22.8. The second-order valence-electron chi connectivity index (χ2n) is 33.0. The van der Waals surface area contributed by atoms with Gasteiger partial charge in [0.05, 0.1) is 105 Å². The summed E-state index contributed by atoms with van der Waals surface area (Å²) in [6.45, 7) is 6.14. The van der Waals surface area contributed by atoms with E-state index in [0.717, 1.165) is 60.7 Å². The third kappa shape index (κ3) is 18.0. The molecular weight excluding hydrogens is 1770 g/mol. The zero-order valence-electron chi connectivity index (χ0n) is 70.0. The molecule has 0 saturated carbocycles. The number of hydrogen-bond donors (Lipinski definition) is 20. The van der Waals surface area contributed by atoms with Crippen molar-refractivity contribution in [3.05, 3.63) is 330 Å². The first-order valence-electron chi connectivity index (χ1n) is 40.3. The van der Waals surface area contributed by atoms with Gasteiger partial charge in [-0.05, 0) is 91.1 Å². The molecule has 5 aliphatic carbocycles. The summed E-state index contributed by atoms with van der Waals surface area (Å²) in [6, 6.07) is 23.7. The van der Waals surface area contributed by atoms with Crippen LogP contribution in [0.15, 0.2) is 216 Å². The van der Waals surface area contributed by atoms with Crippen LogP contribution in [-0.2, 0) is 43.3 Å². The number of ether oxygens (including phenoxy) is 1. The molecule has 8 heterocycles. The highest BCUT2D eigenvalue weighted by molar-refractivity contribution is 6.32. The minimum absolute atomic E-state index is 0.00236. The maximum Gasteiger partial charge on any atom is 0.339 e. The molecule has 0 fully saturated rings. The lowest BCUT2D eigenvalue weighted by Crippen LogP contribution is -2.43. The van der Waals surface area contributed by atoms with Crippen LogP contribution in [0.5, 0.6) is 80.5 Å². The van der Waals surface area contributed by atoms with Crippen molar-refractivity contribution in [3.8, 4) is 91.8 Å². The van der Waals surface area contributed by atoms with Crippen LogP contribution in [0.25, 0.3) is 33.3 Å². The number of allylic oxidation sites excluding steroid dienone is 3. The molecule has 134 heavy (non-hydrogen) atoms. The number of aromatic hydroxyl groups is 13.